The van der Waals surface area contributed by atoms with Gasteiger partial charge in [-0.2, -0.15) is 4.31 Å². The largest absolute Gasteiger partial charge is 0.478 e. The maximum Gasteiger partial charge on any atom is 0.478 e. The number of ether oxygens (including phenoxy) is 5. The Morgan fingerprint density at radius 2 is 0.481 bits per heavy atom. The minimum atomic E-state index is -5.05. The summed E-state index contributed by atoms with van der Waals surface area (Å²) in [6.45, 7) is 18.5. The van der Waals surface area contributed by atoms with Crippen molar-refractivity contribution in [3.05, 3.63) is 0 Å². The molecule has 0 amide bonds. The van der Waals surface area contributed by atoms with Gasteiger partial charge in [0.15, 0.2) is 0 Å². The molecule has 22 nitrogen and oxygen atoms in total. The number of aliphatic hydroxyl groups excluding tert-OH is 10. The van der Waals surface area contributed by atoms with E-state index in [1.54, 1.807) is 69.2 Å². The number of hydrogen-bond acceptors (Lipinski definition) is 18. The van der Waals surface area contributed by atoms with Gasteiger partial charge in [-0.1, -0.05) is 0 Å². The second-order valence-electron chi connectivity index (χ2n) is 11.9. The van der Waals surface area contributed by atoms with Crippen molar-refractivity contribution >= 4 is 15.6 Å². The third kappa shape index (κ3) is 80.2. The van der Waals surface area contributed by atoms with Crippen molar-refractivity contribution in [2.45, 2.75) is 130 Å². The highest BCUT2D eigenvalue weighted by Crippen LogP contribution is 2.53. The van der Waals surface area contributed by atoms with E-state index in [0.717, 1.165) is 0 Å². The fourth-order valence-corrected chi connectivity index (χ4v) is 3.03. The molecule has 0 aromatic rings. The van der Waals surface area contributed by atoms with Crippen LogP contribution in [0.15, 0.2) is 0 Å². The fourth-order valence-electron chi connectivity index (χ4n) is 1.92. The molecule has 0 aliphatic heterocycles. The van der Waals surface area contributed by atoms with E-state index in [9.17, 15) is 9.13 Å². The molecule has 0 aliphatic carbocycles. The lowest BCUT2D eigenvalue weighted by atomic mass is 10.4. The quantitative estimate of drug-likeness (QED) is 0.0524. The predicted octanol–water partition coefficient (Wildman–Crippen LogP) is -1.99. The molecule has 14 N–H and O–H groups in total. The smallest absolute Gasteiger partial charge is 0.394 e. The van der Waals surface area contributed by atoms with Crippen LogP contribution in [0.1, 0.15) is 69.2 Å². The van der Waals surface area contributed by atoms with Crippen molar-refractivity contribution in [3.63, 3.8) is 0 Å². The van der Waals surface area contributed by atoms with Gasteiger partial charge < -0.3 is 94.3 Å². The second-order valence-corrected chi connectivity index (χ2v) is 14.6. The molecule has 0 saturated heterocycles. The summed E-state index contributed by atoms with van der Waals surface area (Å²) < 4.78 is 47.0. The van der Waals surface area contributed by atoms with Crippen LogP contribution in [-0.4, -0.2) is 198 Å². The van der Waals surface area contributed by atoms with Crippen LogP contribution in [-0.2, 0) is 37.1 Å². The normalized spacial score (nSPS) is 16.7. The number of aliphatic hydroxyl groups is 10. The molecule has 0 bridgehead atoms. The van der Waals surface area contributed by atoms with Gasteiger partial charge in [0, 0.05) is 0 Å². The van der Waals surface area contributed by atoms with Crippen molar-refractivity contribution in [1.82, 2.24) is 0 Å². The first-order chi connectivity index (χ1) is 24.5. The Morgan fingerprint density at radius 1 is 0.352 bits per heavy atom. The summed E-state index contributed by atoms with van der Waals surface area (Å²) in [7, 11) is -10.1. The first-order valence-electron chi connectivity index (χ1n) is 16.9. The Balaban J connectivity index is -0.000000128. The minimum absolute atomic E-state index is 0.00667. The maximum absolute atomic E-state index is 9.63. The van der Waals surface area contributed by atoms with Crippen LogP contribution in [0.5, 0.6) is 0 Å². The highest BCUT2D eigenvalue weighted by atomic mass is 31.3. The van der Waals surface area contributed by atoms with E-state index in [4.69, 9.17) is 94.3 Å². The van der Waals surface area contributed by atoms with Crippen LogP contribution in [0.2, 0.25) is 0 Å². The van der Waals surface area contributed by atoms with Crippen LogP contribution in [0, 0.1) is 0 Å². The molecule has 0 saturated carbocycles. The average molecular weight is 849 g/mol. The third-order valence-corrected chi connectivity index (χ3v) is 6.31. The summed E-state index contributed by atoms with van der Waals surface area (Å²) >= 11 is 0. The monoisotopic (exact) mass is 848 g/mol. The first-order valence-corrected chi connectivity index (χ1v) is 19.9. The first kappa shape index (κ1) is 65.5. The highest BCUT2D eigenvalue weighted by Gasteiger charge is 2.28. The van der Waals surface area contributed by atoms with E-state index in [0.29, 0.717) is 33.0 Å². The second kappa shape index (κ2) is 42.3. The van der Waals surface area contributed by atoms with Gasteiger partial charge in [0.2, 0.25) is 0 Å². The number of hydrogen-bond donors (Lipinski definition) is 14. The van der Waals surface area contributed by atoms with Gasteiger partial charge in [-0.15, -0.1) is 0 Å². The van der Waals surface area contributed by atoms with Gasteiger partial charge >= 0.3 is 15.6 Å². The van der Waals surface area contributed by atoms with Crippen molar-refractivity contribution in [2.75, 3.05) is 66.1 Å². The SMILES string of the molecule is CC(O)COC(C)CO.CC(O)COC(C)CO.CC(O)COC(C)CO.CC(O)COC(C)CO.CC(O)COC(C)CO.O=P(O)(O)OP(=O)(O)O. The highest BCUT2D eigenvalue weighted by molar-refractivity contribution is 7.60. The molecule has 0 aromatic heterocycles. The van der Waals surface area contributed by atoms with Crippen molar-refractivity contribution in [1.29, 1.82) is 0 Å². The Morgan fingerprint density at radius 3 is 0.537 bits per heavy atom. The van der Waals surface area contributed by atoms with E-state index in [1.807, 2.05) is 0 Å². The van der Waals surface area contributed by atoms with Crippen LogP contribution in [0.25, 0.3) is 0 Å². The summed E-state index contributed by atoms with van der Waals surface area (Å²) in [4.78, 5) is 31.0. The Kier molecular flexibility index (Phi) is 51.3. The van der Waals surface area contributed by atoms with Gasteiger partial charge in [-0.3, -0.25) is 0 Å². The van der Waals surface area contributed by atoms with Crippen LogP contribution >= 0.6 is 15.6 Å². The molecule has 0 rings (SSSR count). The van der Waals surface area contributed by atoms with E-state index in [1.165, 1.54) is 0 Å². The Labute approximate surface area is 319 Å². The van der Waals surface area contributed by atoms with Crippen LogP contribution < -0.4 is 0 Å². The molecule has 336 valence electrons. The van der Waals surface area contributed by atoms with Gasteiger partial charge in [-0.25, -0.2) is 9.13 Å². The molecule has 54 heavy (non-hydrogen) atoms. The zero-order valence-corrected chi connectivity index (χ0v) is 35.1. The molecule has 0 radical (unpaired) electrons. The summed E-state index contributed by atoms with van der Waals surface area (Å²) in [5.41, 5.74) is 0. The van der Waals surface area contributed by atoms with Crippen molar-refractivity contribution < 1.29 is 108 Å². The molecule has 24 heteroatoms. The molecule has 10 unspecified atom stereocenters. The summed E-state index contributed by atoms with van der Waals surface area (Å²) in [6, 6.07) is 0. The lowest BCUT2D eigenvalue weighted by molar-refractivity contribution is -0.0177. The molecule has 10 atom stereocenters. The summed E-state index contributed by atoms with van der Waals surface area (Å²) in [5.74, 6) is 0. The Hall–Kier alpha value is -0.340. The molecule has 0 fully saturated rings. The van der Waals surface area contributed by atoms with Gasteiger partial charge in [0.05, 0.1) is 127 Å². The lowest BCUT2D eigenvalue weighted by Gasteiger charge is -2.10. The maximum atomic E-state index is 9.63. The van der Waals surface area contributed by atoms with Gasteiger partial charge in [-0.05, 0) is 69.2 Å². The molecule has 0 heterocycles. The minimum Gasteiger partial charge on any atom is -0.394 e. The lowest BCUT2D eigenvalue weighted by Crippen LogP contribution is -2.19. The molecule has 0 spiro atoms. The standard InChI is InChI=1S/5C6H14O3.H4O7P2/c5*1-5(8)4-9-6(2)3-7;1-8(2,3)7-9(4,5)6/h5*5-8H,3-4H2,1-2H3;(H2,1,2,3)(H2,4,5,6). The van der Waals surface area contributed by atoms with Crippen molar-refractivity contribution in [3.8, 4) is 0 Å². The van der Waals surface area contributed by atoms with Gasteiger partial charge in [0.25, 0.3) is 0 Å². The van der Waals surface area contributed by atoms with E-state index >= 15 is 0 Å². The molecule has 0 aromatic carbocycles. The number of phosphoric acid groups is 2. The summed E-state index contributed by atoms with van der Waals surface area (Å²) in [5, 5.41) is 85.7. The van der Waals surface area contributed by atoms with E-state index in [-0.39, 0.29) is 63.6 Å². The van der Waals surface area contributed by atoms with Crippen LogP contribution in [0.3, 0.4) is 0 Å². The third-order valence-electron chi connectivity index (χ3n) is 4.61. The van der Waals surface area contributed by atoms with E-state index < -0.39 is 46.2 Å². The zero-order chi connectivity index (χ0) is 44.1. The van der Waals surface area contributed by atoms with Crippen molar-refractivity contribution in [2.24, 2.45) is 0 Å². The average Bonchev–Trinajstić information content (AvgIpc) is 3.05. The summed E-state index contributed by atoms with van der Waals surface area (Å²) in [6.07, 6.45) is -3.06. The molecular weight excluding hydrogens is 774 g/mol. The van der Waals surface area contributed by atoms with E-state index in [2.05, 4.69) is 4.31 Å². The topological polar surface area (TPSA) is 373 Å². The predicted molar refractivity (Wildman–Crippen MR) is 196 cm³/mol. The fraction of sp³-hybridized carbons (Fsp3) is 1.00. The molecular formula is C30H74O22P2. The zero-order valence-electron chi connectivity index (χ0n) is 33.3. The molecule has 0 aliphatic rings. The van der Waals surface area contributed by atoms with Gasteiger partial charge in [0.1, 0.15) is 0 Å². The Bertz CT molecular complexity index is 703. The number of rotatable bonds is 22. The van der Waals surface area contributed by atoms with Crippen LogP contribution in [0.4, 0.5) is 0 Å².